The first-order chi connectivity index (χ1) is 11.7. The minimum Gasteiger partial charge on any atom is -0.467 e. The largest absolute Gasteiger partial charge is 0.467 e. The number of nitrogens with zero attached hydrogens (tertiary/aromatic N) is 5. The molecule has 0 unspecified atom stereocenters. The molecule has 2 aromatic rings. The zero-order valence-electron chi connectivity index (χ0n) is 13.1. The van der Waals surface area contributed by atoms with Crippen molar-refractivity contribution in [3.05, 3.63) is 34.9 Å². The molecule has 1 aromatic heterocycles. The molecular formula is C15H17ClN6O2. The number of rotatable bonds is 5. The van der Waals surface area contributed by atoms with Crippen molar-refractivity contribution < 1.29 is 9.47 Å². The Labute approximate surface area is 144 Å². The highest BCUT2D eigenvalue weighted by Crippen LogP contribution is 2.16. The van der Waals surface area contributed by atoms with Crippen LogP contribution < -0.4 is 15.1 Å². The zero-order chi connectivity index (χ0) is 16.8. The number of nitrogens with one attached hydrogen (secondary N) is 1. The molecule has 1 N–H and O–H groups in total. The van der Waals surface area contributed by atoms with Crippen molar-refractivity contribution in [3.63, 3.8) is 0 Å². The van der Waals surface area contributed by atoms with Crippen molar-refractivity contribution in [1.29, 1.82) is 0 Å². The average molecular weight is 349 g/mol. The van der Waals surface area contributed by atoms with E-state index < -0.39 is 0 Å². The van der Waals surface area contributed by atoms with Crippen LogP contribution in [0.2, 0.25) is 5.02 Å². The number of ether oxygens (including phenoxy) is 2. The summed E-state index contributed by atoms with van der Waals surface area (Å²) in [6.45, 7) is 2.73. The van der Waals surface area contributed by atoms with E-state index >= 15 is 0 Å². The van der Waals surface area contributed by atoms with Gasteiger partial charge in [-0.15, -0.1) is 0 Å². The van der Waals surface area contributed by atoms with E-state index in [1.807, 2.05) is 17.0 Å². The molecule has 1 aliphatic heterocycles. The van der Waals surface area contributed by atoms with Gasteiger partial charge in [0, 0.05) is 18.1 Å². The van der Waals surface area contributed by atoms with E-state index in [0.717, 1.165) is 18.7 Å². The zero-order valence-corrected chi connectivity index (χ0v) is 13.9. The number of hydrazone groups is 1. The van der Waals surface area contributed by atoms with Gasteiger partial charge in [0.1, 0.15) is 0 Å². The molecule has 3 rings (SSSR count). The Kier molecular flexibility index (Phi) is 5.39. The summed E-state index contributed by atoms with van der Waals surface area (Å²) < 4.78 is 10.5. The van der Waals surface area contributed by atoms with Crippen LogP contribution in [0.25, 0.3) is 0 Å². The summed E-state index contributed by atoms with van der Waals surface area (Å²) in [5, 5.41) is 4.81. The van der Waals surface area contributed by atoms with Crippen molar-refractivity contribution in [2.45, 2.75) is 0 Å². The van der Waals surface area contributed by atoms with Crippen LogP contribution in [0.5, 0.6) is 6.01 Å². The quantitative estimate of drug-likeness (QED) is 0.651. The fourth-order valence-corrected chi connectivity index (χ4v) is 2.23. The number of methoxy groups -OCH3 is 1. The van der Waals surface area contributed by atoms with E-state index in [9.17, 15) is 0 Å². The normalized spacial score (nSPS) is 14.8. The van der Waals surface area contributed by atoms with Gasteiger partial charge in [0.15, 0.2) is 0 Å². The predicted octanol–water partition coefficient (Wildman–Crippen LogP) is 1.82. The minimum atomic E-state index is 0.232. The molecule has 1 aliphatic rings. The van der Waals surface area contributed by atoms with Gasteiger partial charge in [0.05, 0.1) is 26.5 Å². The Balaban J connectivity index is 1.73. The number of hydrogen-bond acceptors (Lipinski definition) is 8. The van der Waals surface area contributed by atoms with Gasteiger partial charge in [-0.3, -0.25) is 0 Å². The maximum absolute atomic E-state index is 5.85. The lowest BCUT2D eigenvalue weighted by Gasteiger charge is -2.26. The van der Waals surface area contributed by atoms with Gasteiger partial charge in [0.2, 0.25) is 5.95 Å². The topological polar surface area (TPSA) is 84.8 Å². The van der Waals surface area contributed by atoms with Crippen LogP contribution in [0, 0.1) is 0 Å². The SMILES string of the molecule is COc1nc(NN=Cc2ccc(Cl)cc2)nc(N2CCOCC2)n1. The molecule has 126 valence electrons. The van der Waals surface area contributed by atoms with Gasteiger partial charge >= 0.3 is 6.01 Å². The molecule has 1 saturated heterocycles. The van der Waals surface area contributed by atoms with E-state index in [1.165, 1.54) is 7.11 Å². The molecule has 1 fully saturated rings. The fraction of sp³-hybridized carbons (Fsp3) is 0.333. The standard InChI is InChI=1S/C15H17ClN6O2/c1-23-15-19-13(18-14(20-15)22-6-8-24-9-7-22)21-17-10-11-2-4-12(16)5-3-11/h2-5,10H,6-9H2,1H3,(H,18,19,20,21). The van der Waals surface area contributed by atoms with Crippen LogP contribution in [0.3, 0.4) is 0 Å². The second-order valence-electron chi connectivity index (χ2n) is 4.97. The van der Waals surface area contributed by atoms with Gasteiger partial charge in [-0.1, -0.05) is 23.7 Å². The highest BCUT2D eigenvalue weighted by Gasteiger charge is 2.16. The number of morpholine rings is 1. The van der Waals surface area contributed by atoms with E-state index in [2.05, 4.69) is 25.5 Å². The van der Waals surface area contributed by atoms with E-state index in [4.69, 9.17) is 21.1 Å². The fourth-order valence-electron chi connectivity index (χ4n) is 2.11. The third kappa shape index (κ3) is 4.30. The van der Waals surface area contributed by atoms with Crippen molar-refractivity contribution in [3.8, 4) is 6.01 Å². The molecule has 1 aromatic carbocycles. The summed E-state index contributed by atoms with van der Waals surface area (Å²) in [7, 11) is 1.51. The Bertz CT molecular complexity index is 704. The van der Waals surface area contributed by atoms with Crippen LogP contribution in [0.15, 0.2) is 29.4 Å². The first-order valence-corrected chi connectivity index (χ1v) is 7.80. The Morgan fingerprint density at radius 3 is 2.67 bits per heavy atom. The second-order valence-corrected chi connectivity index (χ2v) is 5.40. The molecule has 0 spiro atoms. The summed E-state index contributed by atoms with van der Waals surface area (Å²) >= 11 is 5.85. The molecule has 0 saturated carbocycles. The number of aromatic nitrogens is 3. The number of hydrogen-bond donors (Lipinski definition) is 1. The van der Waals surface area contributed by atoms with Crippen LogP contribution in [0.4, 0.5) is 11.9 Å². The van der Waals surface area contributed by atoms with Crippen LogP contribution in [0.1, 0.15) is 5.56 Å². The van der Waals surface area contributed by atoms with Gasteiger partial charge in [-0.05, 0) is 17.7 Å². The number of anilines is 2. The highest BCUT2D eigenvalue weighted by molar-refractivity contribution is 6.30. The van der Waals surface area contributed by atoms with Crippen LogP contribution in [-0.2, 0) is 4.74 Å². The molecule has 0 bridgehead atoms. The molecule has 2 heterocycles. The maximum Gasteiger partial charge on any atom is 0.322 e. The molecule has 8 nitrogen and oxygen atoms in total. The summed E-state index contributed by atoms with van der Waals surface area (Å²) in [5.41, 5.74) is 3.70. The van der Waals surface area contributed by atoms with Gasteiger partial charge in [-0.25, -0.2) is 5.43 Å². The third-order valence-electron chi connectivity index (χ3n) is 3.33. The number of halogens is 1. The van der Waals surface area contributed by atoms with E-state index in [0.29, 0.717) is 30.1 Å². The van der Waals surface area contributed by atoms with E-state index in [-0.39, 0.29) is 6.01 Å². The summed E-state index contributed by atoms with van der Waals surface area (Å²) in [6.07, 6.45) is 1.65. The summed E-state index contributed by atoms with van der Waals surface area (Å²) in [5.74, 6) is 0.850. The predicted molar refractivity (Wildman–Crippen MR) is 92.1 cm³/mol. The lowest BCUT2D eigenvalue weighted by Crippen LogP contribution is -2.37. The Morgan fingerprint density at radius 2 is 1.96 bits per heavy atom. The van der Waals surface area contributed by atoms with Crippen LogP contribution in [-0.4, -0.2) is 54.6 Å². The van der Waals surface area contributed by atoms with Crippen molar-refractivity contribution >= 4 is 29.7 Å². The van der Waals surface area contributed by atoms with Gasteiger partial charge < -0.3 is 14.4 Å². The molecule has 24 heavy (non-hydrogen) atoms. The number of benzene rings is 1. The molecule has 0 atom stereocenters. The average Bonchev–Trinajstić information content (AvgIpc) is 2.64. The third-order valence-corrected chi connectivity index (χ3v) is 3.58. The lowest BCUT2D eigenvalue weighted by atomic mass is 10.2. The summed E-state index contributed by atoms with van der Waals surface area (Å²) in [4.78, 5) is 14.8. The smallest absolute Gasteiger partial charge is 0.322 e. The first kappa shape index (κ1) is 16.4. The van der Waals surface area contributed by atoms with Crippen LogP contribution >= 0.6 is 11.6 Å². The van der Waals surface area contributed by atoms with Crippen molar-refractivity contribution in [2.24, 2.45) is 5.10 Å². The molecule has 9 heteroatoms. The van der Waals surface area contributed by atoms with Crippen molar-refractivity contribution in [2.75, 3.05) is 43.7 Å². The maximum atomic E-state index is 5.85. The van der Waals surface area contributed by atoms with E-state index in [1.54, 1.807) is 18.3 Å². The highest BCUT2D eigenvalue weighted by atomic mass is 35.5. The Morgan fingerprint density at radius 1 is 1.21 bits per heavy atom. The van der Waals surface area contributed by atoms with Crippen molar-refractivity contribution in [1.82, 2.24) is 15.0 Å². The summed E-state index contributed by atoms with van der Waals surface area (Å²) in [6, 6.07) is 7.55. The second kappa shape index (κ2) is 7.89. The minimum absolute atomic E-state index is 0.232. The molecular weight excluding hydrogens is 332 g/mol. The molecule has 0 amide bonds. The molecule has 0 radical (unpaired) electrons. The van der Waals surface area contributed by atoms with Gasteiger partial charge in [0.25, 0.3) is 5.95 Å². The van der Waals surface area contributed by atoms with Gasteiger partial charge in [-0.2, -0.15) is 20.1 Å². The lowest BCUT2D eigenvalue weighted by molar-refractivity contribution is 0.122. The first-order valence-electron chi connectivity index (χ1n) is 7.42. The molecule has 0 aliphatic carbocycles. The Hall–Kier alpha value is -2.45. The monoisotopic (exact) mass is 348 g/mol.